The number of likely N-dealkylation sites (tertiary alicyclic amines) is 1. The van der Waals surface area contributed by atoms with Crippen LogP contribution >= 0.6 is 0 Å². The normalized spacial score (nSPS) is 14.4. The van der Waals surface area contributed by atoms with Crippen molar-refractivity contribution in [1.82, 2.24) is 4.90 Å². The molecule has 0 aromatic heterocycles. The van der Waals surface area contributed by atoms with Crippen molar-refractivity contribution in [2.45, 2.75) is 13.3 Å². The van der Waals surface area contributed by atoms with Crippen LogP contribution in [0.1, 0.15) is 13.3 Å². The highest BCUT2D eigenvalue weighted by Crippen LogP contribution is 2.05. The van der Waals surface area contributed by atoms with Crippen LogP contribution < -0.4 is 0 Å². The van der Waals surface area contributed by atoms with Crippen molar-refractivity contribution < 1.29 is 14.3 Å². The van der Waals surface area contributed by atoms with Crippen LogP contribution in [0.5, 0.6) is 0 Å². The highest BCUT2D eigenvalue weighted by molar-refractivity contribution is 5.87. The monoisotopic (exact) mass is 263 g/mol. The Balaban J connectivity index is 0.000000362. The summed E-state index contributed by atoms with van der Waals surface area (Å²) in [5, 5.41) is 0. The smallest absolute Gasteiger partial charge is 0.410 e. The van der Waals surface area contributed by atoms with Crippen LogP contribution in [0.3, 0.4) is 0 Å². The van der Waals surface area contributed by atoms with E-state index in [1.807, 2.05) is 24.3 Å². The average Bonchev–Trinajstić information content (AvgIpc) is 2.83. The molecule has 1 rings (SSSR count). The minimum absolute atomic E-state index is 0.109. The third-order valence-corrected chi connectivity index (χ3v) is 2.16. The maximum Gasteiger partial charge on any atom is 0.410 e. The molecule has 1 amide bonds. The summed E-state index contributed by atoms with van der Waals surface area (Å²) in [7, 11) is 0. The topological polar surface area (TPSA) is 46.6 Å². The van der Waals surface area contributed by atoms with Crippen molar-refractivity contribution >= 4 is 11.9 Å². The molecule has 4 heteroatoms. The number of rotatable bonds is 4. The minimum atomic E-state index is -0.377. The van der Waals surface area contributed by atoms with Gasteiger partial charge in [-0.1, -0.05) is 49.6 Å². The summed E-state index contributed by atoms with van der Waals surface area (Å²) >= 11 is 0. The van der Waals surface area contributed by atoms with Crippen molar-refractivity contribution in [3.63, 3.8) is 0 Å². The van der Waals surface area contributed by atoms with Crippen LogP contribution in [0.2, 0.25) is 0 Å². The molecule has 0 bridgehead atoms. The maximum absolute atomic E-state index is 10.9. The summed E-state index contributed by atoms with van der Waals surface area (Å²) in [6, 6.07) is 0. The first-order chi connectivity index (χ1) is 9.15. The molecule has 1 fully saturated rings. The van der Waals surface area contributed by atoms with E-state index in [-0.39, 0.29) is 18.4 Å². The van der Waals surface area contributed by atoms with Gasteiger partial charge in [-0.05, 0) is 6.92 Å². The zero-order valence-electron chi connectivity index (χ0n) is 11.4. The van der Waals surface area contributed by atoms with Crippen molar-refractivity contribution in [2.24, 2.45) is 0 Å². The molecule has 104 valence electrons. The number of nitrogens with zero attached hydrogens (tertiary/aromatic N) is 1. The lowest BCUT2D eigenvalue weighted by Gasteiger charge is -2.12. The van der Waals surface area contributed by atoms with Gasteiger partial charge in [0.15, 0.2) is 5.78 Å². The van der Waals surface area contributed by atoms with E-state index in [9.17, 15) is 9.59 Å². The highest BCUT2D eigenvalue weighted by atomic mass is 16.6. The molecule has 4 nitrogen and oxygen atoms in total. The molecule has 19 heavy (non-hydrogen) atoms. The minimum Gasteiger partial charge on any atom is -0.450 e. The highest BCUT2D eigenvalue weighted by Gasteiger charge is 2.24. The molecule has 1 aliphatic heterocycles. The molecule has 0 aromatic carbocycles. The molecule has 1 aliphatic rings. The second-order valence-electron chi connectivity index (χ2n) is 3.65. The molecule has 0 spiro atoms. The fourth-order valence-electron chi connectivity index (χ4n) is 1.29. The van der Waals surface area contributed by atoms with E-state index < -0.39 is 0 Å². The Hall–Kier alpha value is -2.10. The van der Waals surface area contributed by atoms with Gasteiger partial charge in [-0.2, -0.15) is 0 Å². The summed E-state index contributed by atoms with van der Waals surface area (Å²) in [5.74, 6) is 0.109. The first-order valence-corrected chi connectivity index (χ1v) is 6.15. The van der Waals surface area contributed by atoms with Gasteiger partial charge in [0.05, 0.1) is 13.2 Å². The Bertz CT molecular complexity index is 354. The predicted octanol–water partition coefficient (Wildman–Crippen LogP) is 2.89. The second-order valence-corrected chi connectivity index (χ2v) is 3.65. The first kappa shape index (κ1) is 16.9. The number of hydrogen-bond donors (Lipinski definition) is 0. The van der Waals surface area contributed by atoms with Gasteiger partial charge in [-0.3, -0.25) is 4.79 Å². The molecule has 0 N–H and O–H groups in total. The van der Waals surface area contributed by atoms with Crippen molar-refractivity contribution in [2.75, 3.05) is 19.7 Å². The summed E-state index contributed by atoms with van der Waals surface area (Å²) < 4.78 is 4.71. The summed E-state index contributed by atoms with van der Waals surface area (Å²) in [5.41, 5.74) is 0. The number of amides is 1. The van der Waals surface area contributed by atoms with E-state index in [2.05, 4.69) is 13.2 Å². The Morgan fingerprint density at radius 3 is 2.21 bits per heavy atom. The number of hydrogen-bond acceptors (Lipinski definition) is 3. The van der Waals surface area contributed by atoms with E-state index >= 15 is 0 Å². The quantitative estimate of drug-likeness (QED) is 0.733. The third kappa shape index (κ3) is 8.60. The van der Waals surface area contributed by atoms with Crippen LogP contribution in [0.15, 0.2) is 49.6 Å². The second kappa shape index (κ2) is 11.0. The fraction of sp³-hybridized carbons (Fsp3) is 0.333. The fourth-order valence-corrected chi connectivity index (χ4v) is 1.29. The number of allylic oxidation sites excluding steroid dienone is 6. The lowest BCUT2D eigenvalue weighted by Crippen LogP contribution is -2.29. The van der Waals surface area contributed by atoms with Crippen LogP contribution in [-0.2, 0) is 9.53 Å². The number of carbonyl (C=O) groups excluding carboxylic acids is 2. The summed E-state index contributed by atoms with van der Waals surface area (Å²) in [6.45, 7) is 9.87. The zero-order valence-corrected chi connectivity index (χ0v) is 11.4. The average molecular weight is 263 g/mol. The molecule has 0 unspecified atom stereocenters. The van der Waals surface area contributed by atoms with Crippen molar-refractivity contribution in [1.29, 1.82) is 0 Å². The van der Waals surface area contributed by atoms with Crippen LogP contribution in [0.25, 0.3) is 0 Å². The zero-order chi connectivity index (χ0) is 14.5. The lowest BCUT2D eigenvalue weighted by molar-refractivity contribution is -0.116. The van der Waals surface area contributed by atoms with E-state index in [1.165, 1.54) is 4.90 Å². The van der Waals surface area contributed by atoms with Crippen LogP contribution in [0, 0.1) is 0 Å². The number of Topliss-reactive ketones (excluding diaryl/α,β-unsaturated/α-hetero) is 1. The lowest BCUT2D eigenvalue weighted by atomic mass is 10.4. The summed E-state index contributed by atoms with van der Waals surface area (Å²) in [6.07, 6.45) is 11.1. The molecule has 1 saturated heterocycles. The van der Waals surface area contributed by atoms with Gasteiger partial charge in [0, 0.05) is 13.0 Å². The Morgan fingerprint density at radius 2 is 1.84 bits per heavy atom. The van der Waals surface area contributed by atoms with Crippen LogP contribution in [0.4, 0.5) is 4.79 Å². The van der Waals surface area contributed by atoms with Gasteiger partial charge in [-0.15, -0.1) is 0 Å². The van der Waals surface area contributed by atoms with E-state index in [0.717, 1.165) is 0 Å². The number of ether oxygens (including phenoxy) is 1. The predicted molar refractivity (Wildman–Crippen MR) is 76.9 cm³/mol. The van der Waals surface area contributed by atoms with Gasteiger partial charge in [0.2, 0.25) is 0 Å². The molecule has 1 heterocycles. The Morgan fingerprint density at radius 1 is 1.26 bits per heavy atom. The number of carbonyl (C=O) groups is 2. The third-order valence-electron chi connectivity index (χ3n) is 2.16. The molecule has 0 atom stereocenters. The molecule has 0 aliphatic carbocycles. The van der Waals surface area contributed by atoms with E-state index in [0.29, 0.717) is 19.6 Å². The van der Waals surface area contributed by atoms with E-state index in [4.69, 9.17) is 4.74 Å². The van der Waals surface area contributed by atoms with Crippen LogP contribution in [-0.4, -0.2) is 36.5 Å². The van der Waals surface area contributed by atoms with Crippen molar-refractivity contribution in [3.05, 3.63) is 49.6 Å². The molecule has 0 saturated carbocycles. The first-order valence-electron chi connectivity index (χ1n) is 6.15. The van der Waals surface area contributed by atoms with Crippen molar-refractivity contribution in [3.8, 4) is 0 Å². The van der Waals surface area contributed by atoms with E-state index in [1.54, 1.807) is 19.1 Å². The van der Waals surface area contributed by atoms with Gasteiger partial charge in [0.25, 0.3) is 0 Å². The van der Waals surface area contributed by atoms with Gasteiger partial charge in [-0.25, -0.2) is 4.79 Å². The standard InChI is InChI=1S/C8H10.C7H11NO3/c1-3-5-7-8-6-4-2;1-2-11-7(10)8-4-3-6(9)5-8/h3-8H,1-2H2;2-5H2,1H3/b7-5-,8-6-;. The molecule has 0 aromatic rings. The summed E-state index contributed by atoms with van der Waals surface area (Å²) in [4.78, 5) is 23.1. The number of ketones is 1. The largest absolute Gasteiger partial charge is 0.450 e. The van der Waals surface area contributed by atoms with Gasteiger partial charge >= 0.3 is 6.09 Å². The van der Waals surface area contributed by atoms with Gasteiger partial charge < -0.3 is 9.64 Å². The van der Waals surface area contributed by atoms with Gasteiger partial charge in [0.1, 0.15) is 0 Å². The maximum atomic E-state index is 10.9. The Labute approximate surface area is 114 Å². The SMILES string of the molecule is C=C/C=C\C=C/C=C.CCOC(=O)N1CCC(=O)C1. The molecular formula is C15H21NO3. The Kier molecular flexibility index (Phi) is 9.80. The molecular weight excluding hydrogens is 242 g/mol. The molecule has 0 radical (unpaired) electrons.